The van der Waals surface area contributed by atoms with Gasteiger partial charge in [0, 0.05) is 30.3 Å². The van der Waals surface area contributed by atoms with Gasteiger partial charge in [0.2, 0.25) is 0 Å². The number of ether oxygens (including phenoxy) is 1. The van der Waals surface area contributed by atoms with E-state index in [9.17, 15) is 18.0 Å². The van der Waals surface area contributed by atoms with Gasteiger partial charge in [-0.1, -0.05) is 24.3 Å². The number of nitrogens with zero attached hydrogens (tertiary/aromatic N) is 3. The molecule has 0 bridgehead atoms. The maximum atomic E-state index is 13.7. The number of hydrogen-bond donors (Lipinski definition) is 3. The van der Waals surface area contributed by atoms with E-state index in [2.05, 4.69) is 39.7 Å². The lowest BCUT2D eigenvalue weighted by Gasteiger charge is -2.34. The minimum Gasteiger partial charge on any atom is -0.379 e. The number of amides is 2. The highest BCUT2D eigenvalue weighted by Crippen LogP contribution is 2.43. The minimum atomic E-state index is -3.47. The maximum Gasteiger partial charge on any atom is 0.333 e. The molecule has 6 rings (SSSR count). The second kappa shape index (κ2) is 11.0. The summed E-state index contributed by atoms with van der Waals surface area (Å²) in [6.07, 6.45) is 1.23. The average Bonchev–Trinajstić information content (AvgIpc) is 3.54. The molecule has 2 saturated heterocycles. The predicted octanol–water partition coefficient (Wildman–Crippen LogP) is 3.30. The molecular weight excluding hydrogens is 544 g/mol. The summed E-state index contributed by atoms with van der Waals surface area (Å²) in [5, 5.41) is 11.6. The molecule has 3 heterocycles. The second-order valence-electron chi connectivity index (χ2n) is 10.9. The number of H-pyrrole nitrogens is 1. The van der Waals surface area contributed by atoms with Gasteiger partial charge in [0.05, 0.1) is 45.9 Å². The van der Waals surface area contributed by atoms with Gasteiger partial charge in [-0.15, -0.1) is 0 Å². The molecule has 3 aliphatic rings. The second-order valence-corrected chi connectivity index (χ2v) is 13.2. The Morgan fingerprint density at radius 3 is 2.41 bits per heavy atom. The highest BCUT2D eigenvalue weighted by molar-refractivity contribution is 7.92. The number of hydrogen-bond acceptors (Lipinski definition) is 8. The van der Waals surface area contributed by atoms with Crippen molar-refractivity contribution < 1.29 is 22.7 Å². The van der Waals surface area contributed by atoms with E-state index in [-0.39, 0.29) is 10.7 Å². The van der Waals surface area contributed by atoms with E-state index in [0.29, 0.717) is 84.5 Å². The molecule has 12 heteroatoms. The van der Waals surface area contributed by atoms with E-state index in [1.807, 2.05) is 0 Å². The molecule has 0 unspecified atom stereocenters. The zero-order chi connectivity index (χ0) is 28.7. The normalized spacial score (nSPS) is 18.4. The molecule has 3 N–H and O–H groups in total. The number of rotatable bonds is 6. The average molecular weight is 579 g/mol. The lowest BCUT2D eigenvalue weighted by Crippen LogP contribution is -2.49. The van der Waals surface area contributed by atoms with Crippen molar-refractivity contribution in [2.75, 3.05) is 44.7 Å². The van der Waals surface area contributed by atoms with Gasteiger partial charge in [0.15, 0.2) is 15.6 Å². The van der Waals surface area contributed by atoms with Gasteiger partial charge in [0.25, 0.3) is 0 Å². The number of aromatic nitrogens is 2. The summed E-state index contributed by atoms with van der Waals surface area (Å²) in [5.74, 6) is -0.255. The summed E-state index contributed by atoms with van der Waals surface area (Å²) >= 11 is 0. The Hall–Kier alpha value is -3.58. The Balaban J connectivity index is 1.21. The van der Waals surface area contributed by atoms with E-state index in [1.165, 1.54) is 0 Å². The number of piperidine rings is 1. The summed E-state index contributed by atoms with van der Waals surface area (Å²) in [7, 11) is -3.47. The highest BCUT2D eigenvalue weighted by Gasteiger charge is 2.36. The zero-order valence-electron chi connectivity index (χ0n) is 23.1. The van der Waals surface area contributed by atoms with Crippen LogP contribution in [0.5, 0.6) is 0 Å². The molecule has 1 aliphatic carbocycles. The Bertz CT molecular complexity index is 1570. The van der Waals surface area contributed by atoms with Crippen LogP contribution >= 0.6 is 0 Å². The van der Waals surface area contributed by atoms with Crippen LogP contribution in [0.4, 0.5) is 10.5 Å². The molecule has 1 aromatic heterocycles. The Labute approximate surface area is 239 Å². The number of hydrazine groups is 1. The first-order valence-corrected chi connectivity index (χ1v) is 15.5. The third-order valence-electron chi connectivity index (χ3n) is 8.18. The molecule has 0 atom stereocenters. The molecule has 2 fully saturated rings. The molecule has 2 amide bonds. The number of anilines is 1. The van der Waals surface area contributed by atoms with Crippen LogP contribution in [0.3, 0.4) is 0 Å². The van der Waals surface area contributed by atoms with Crippen LogP contribution in [-0.4, -0.2) is 91.0 Å². The molecule has 0 radical (unpaired) electrons. The smallest absolute Gasteiger partial charge is 0.333 e. The topological polar surface area (TPSA) is 137 Å². The number of carbonyl (C=O) groups is 2. The van der Waals surface area contributed by atoms with Crippen molar-refractivity contribution in [2.45, 2.75) is 42.9 Å². The van der Waals surface area contributed by atoms with Gasteiger partial charge in [-0.3, -0.25) is 15.3 Å². The predicted molar refractivity (Wildman–Crippen MR) is 154 cm³/mol. The third kappa shape index (κ3) is 5.16. The molecule has 2 aromatic carbocycles. The van der Waals surface area contributed by atoms with Gasteiger partial charge in [0.1, 0.15) is 5.69 Å². The van der Waals surface area contributed by atoms with E-state index in [0.717, 1.165) is 13.1 Å². The van der Waals surface area contributed by atoms with Crippen molar-refractivity contribution in [1.82, 2.24) is 25.5 Å². The first-order valence-electron chi connectivity index (χ1n) is 14.0. The van der Waals surface area contributed by atoms with Crippen molar-refractivity contribution in [1.29, 1.82) is 0 Å². The molecule has 2 aliphatic heterocycles. The highest BCUT2D eigenvalue weighted by atomic mass is 32.2. The number of carbonyl (C=O) groups excluding carboxylic acids is 2. The first-order chi connectivity index (χ1) is 19.7. The number of urea groups is 1. The van der Waals surface area contributed by atoms with Crippen LogP contribution in [-0.2, 0) is 14.6 Å². The standard InChI is InChI=1S/C29H34N6O5S/c1-18(2)34-12-10-21(11-13-34)41(38,39)20-8-6-19(7-9-20)26-25-27(32-31-26)22-4-3-5-23(24(22)28(25)36)30-29(37)33-35-14-16-40-17-15-35/h3-9,18,21H,10-17H2,1-2H3,(H,31,32)(H2,30,33,37). The number of fused-ring (bicyclic) bond motifs is 3. The van der Waals surface area contributed by atoms with E-state index < -0.39 is 21.1 Å². The Morgan fingerprint density at radius 2 is 1.73 bits per heavy atom. The van der Waals surface area contributed by atoms with Crippen LogP contribution in [0.25, 0.3) is 22.5 Å². The Morgan fingerprint density at radius 1 is 1.02 bits per heavy atom. The molecule has 0 spiro atoms. The van der Waals surface area contributed by atoms with Crippen molar-refractivity contribution in [3.05, 3.63) is 53.6 Å². The number of morpholine rings is 1. The molecule has 0 saturated carbocycles. The van der Waals surface area contributed by atoms with Crippen LogP contribution in [0, 0.1) is 0 Å². The van der Waals surface area contributed by atoms with Crippen LogP contribution < -0.4 is 10.7 Å². The van der Waals surface area contributed by atoms with Gasteiger partial charge in [-0.05, 0) is 58.0 Å². The maximum absolute atomic E-state index is 13.7. The summed E-state index contributed by atoms with van der Waals surface area (Å²) < 4.78 is 32.0. The van der Waals surface area contributed by atoms with Crippen molar-refractivity contribution >= 4 is 27.3 Å². The third-order valence-corrected chi connectivity index (χ3v) is 10.5. The number of nitrogens with one attached hydrogen (secondary N) is 3. The number of sulfone groups is 1. The summed E-state index contributed by atoms with van der Waals surface area (Å²) in [4.78, 5) is 28.9. The van der Waals surface area contributed by atoms with E-state index in [4.69, 9.17) is 4.74 Å². The first kappa shape index (κ1) is 27.6. The molecule has 11 nitrogen and oxygen atoms in total. The minimum absolute atomic E-state index is 0.255. The lowest BCUT2D eigenvalue weighted by molar-refractivity contribution is 0.0207. The fourth-order valence-corrected chi connectivity index (χ4v) is 7.60. The summed E-state index contributed by atoms with van der Waals surface area (Å²) in [6.45, 7) is 8.03. The lowest BCUT2D eigenvalue weighted by atomic mass is 10.0. The van der Waals surface area contributed by atoms with Gasteiger partial charge in [-0.2, -0.15) is 5.10 Å². The van der Waals surface area contributed by atoms with Crippen LogP contribution in [0.15, 0.2) is 47.4 Å². The van der Waals surface area contributed by atoms with E-state index in [1.54, 1.807) is 47.5 Å². The van der Waals surface area contributed by atoms with Crippen molar-refractivity contribution in [3.8, 4) is 22.5 Å². The SMILES string of the molecule is CC(C)N1CCC(S(=O)(=O)c2ccc(-c3[nH]nc4c3C(=O)c3c(NC(=O)NN5CCOCC5)cccc3-4)cc2)CC1. The van der Waals surface area contributed by atoms with E-state index >= 15 is 0 Å². The number of ketones is 1. The monoisotopic (exact) mass is 578 g/mol. The van der Waals surface area contributed by atoms with Gasteiger partial charge in [-0.25, -0.2) is 18.2 Å². The quantitative estimate of drug-likeness (QED) is 0.317. The zero-order valence-corrected chi connectivity index (χ0v) is 24.0. The molecule has 41 heavy (non-hydrogen) atoms. The largest absolute Gasteiger partial charge is 0.379 e. The van der Waals surface area contributed by atoms with Crippen LogP contribution in [0.1, 0.15) is 42.6 Å². The molecule has 216 valence electrons. The molecular formula is C29H34N6O5S. The van der Waals surface area contributed by atoms with Gasteiger partial charge < -0.3 is 15.0 Å². The fraction of sp³-hybridized carbons (Fsp3) is 0.414. The molecule has 3 aromatic rings. The summed E-state index contributed by atoms with van der Waals surface area (Å²) in [5.41, 5.74) is 6.28. The number of benzene rings is 2. The number of likely N-dealkylation sites (tertiary alicyclic amines) is 1. The Kier molecular flexibility index (Phi) is 7.41. The van der Waals surface area contributed by atoms with Gasteiger partial charge >= 0.3 is 6.03 Å². The van der Waals surface area contributed by atoms with Crippen LogP contribution in [0.2, 0.25) is 0 Å². The summed E-state index contributed by atoms with van der Waals surface area (Å²) in [6, 6.07) is 11.9. The van der Waals surface area contributed by atoms with Crippen molar-refractivity contribution in [3.63, 3.8) is 0 Å². The number of aromatic amines is 1. The fourth-order valence-electron chi connectivity index (χ4n) is 5.87. The van der Waals surface area contributed by atoms with Crippen molar-refractivity contribution in [2.24, 2.45) is 0 Å².